The molecule has 2 aliphatic carbocycles. The first-order chi connectivity index (χ1) is 14.2. The number of rotatable bonds is 10. The summed E-state index contributed by atoms with van der Waals surface area (Å²) < 4.78 is 16.9. The molecule has 2 saturated carbocycles. The highest BCUT2D eigenvalue weighted by atomic mass is 127. The molecule has 0 aliphatic heterocycles. The van der Waals surface area contributed by atoms with E-state index in [4.69, 9.17) is 24.3 Å². The second-order valence-corrected chi connectivity index (χ2v) is 7.72. The van der Waals surface area contributed by atoms with Gasteiger partial charge in [0.25, 0.3) is 0 Å². The van der Waals surface area contributed by atoms with Gasteiger partial charge in [0.15, 0.2) is 17.5 Å². The van der Waals surface area contributed by atoms with Crippen molar-refractivity contribution >= 4 is 29.9 Å². The summed E-state index contributed by atoms with van der Waals surface area (Å²) in [6.07, 6.45) is 5.20. The standard InChI is InChI=1S/C22H35N3O4.HI/c1-4-23-21(25-19-14-20(28-5-2)22(19)9-6-10-22)24-15-16-7-8-17(29-12-11-26)18(13-16)27-3;/h7-8,13,19-20,26H,4-6,9-12,14-15H2,1-3H3,(H2,23,24,25);1H. The number of halogens is 1. The number of ether oxygens (including phenoxy) is 3. The van der Waals surface area contributed by atoms with Gasteiger partial charge in [0.05, 0.1) is 26.4 Å². The van der Waals surface area contributed by atoms with Crippen LogP contribution in [-0.4, -0.2) is 56.7 Å². The Morgan fingerprint density at radius 2 is 2.07 bits per heavy atom. The number of nitrogens with zero attached hydrogens (tertiary/aromatic N) is 1. The largest absolute Gasteiger partial charge is 0.493 e. The minimum Gasteiger partial charge on any atom is -0.493 e. The first kappa shape index (κ1) is 25.0. The molecule has 2 unspecified atom stereocenters. The molecule has 2 aliphatic rings. The average Bonchev–Trinajstić information content (AvgIpc) is 2.68. The molecule has 0 heterocycles. The van der Waals surface area contributed by atoms with E-state index in [9.17, 15) is 0 Å². The van der Waals surface area contributed by atoms with Gasteiger partial charge in [0, 0.05) is 24.6 Å². The van der Waals surface area contributed by atoms with Crippen molar-refractivity contribution in [3.05, 3.63) is 23.8 Å². The number of aliphatic hydroxyl groups is 1. The van der Waals surface area contributed by atoms with Crippen LogP contribution in [-0.2, 0) is 11.3 Å². The number of nitrogens with one attached hydrogen (secondary N) is 2. The summed E-state index contributed by atoms with van der Waals surface area (Å²) in [5, 5.41) is 16.0. The molecule has 0 saturated heterocycles. The van der Waals surface area contributed by atoms with E-state index in [1.807, 2.05) is 18.2 Å². The van der Waals surface area contributed by atoms with Crippen LogP contribution in [0.1, 0.15) is 45.1 Å². The van der Waals surface area contributed by atoms with Crippen molar-refractivity contribution in [1.29, 1.82) is 0 Å². The van der Waals surface area contributed by atoms with Gasteiger partial charge in [-0.3, -0.25) is 0 Å². The second-order valence-electron chi connectivity index (χ2n) is 7.72. The first-order valence-electron chi connectivity index (χ1n) is 10.7. The highest BCUT2D eigenvalue weighted by molar-refractivity contribution is 14.0. The Labute approximate surface area is 197 Å². The minimum atomic E-state index is -0.0280. The molecule has 0 bridgehead atoms. The molecule has 0 aromatic heterocycles. The average molecular weight is 533 g/mol. The zero-order chi connectivity index (χ0) is 20.7. The normalized spacial score (nSPS) is 21.8. The summed E-state index contributed by atoms with van der Waals surface area (Å²) in [5.41, 5.74) is 1.33. The van der Waals surface area contributed by atoms with Crippen molar-refractivity contribution in [3.8, 4) is 11.5 Å². The van der Waals surface area contributed by atoms with E-state index in [1.54, 1.807) is 7.11 Å². The summed E-state index contributed by atoms with van der Waals surface area (Å²) >= 11 is 0. The number of aliphatic imine (C=N–C) groups is 1. The number of hydrogen-bond donors (Lipinski definition) is 3. The van der Waals surface area contributed by atoms with Gasteiger partial charge in [-0.25, -0.2) is 4.99 Å². The molecule has 30 heavy (non-hydrogen) atoms. The molecule has 8 heteroatoms. The van der Waals surface area contributed by atoms with Crippen molar-refractivity contribution < 1.29 is 19.3 Å². The SMILES string of the molecule is CCNC(=NCc1ccc(OCCO)c(OC)c1)NC1CC(OCC)C12CCC2.I. The number of hydrogen-bond acceptors (Lipinski definition) is 5. The molecule has 3 N–H and O–H groups in total. The van der Waals surface area contributed by atoms with Crippen LogP contribution in [0.3, 0.4) is 0 Å². The minimum absolute atomic E-state index is 0. The maximum Gasteiger partial charge on any atom is 0.191 e. The van der Waals surface area contributed by atoms with Crippen LogP contribution >= 0.6 is 24.0 Å². The van der Waals surface area contributed by atoms with Gasteiger partial charge in [0.1, 0.15) is 6.61 Å². The number of methoxy groups -OCH3 is 1. The Morgan fingerprint density at radius 3 is 2.67 bits per heavy atom. The van der Waals surface area contributed by atoms with E-state index in [0.29, 0.717) is 35.6 Å². The Hall–Kier alpha value is -1.26. The van der Waals surface area contributed by atoms with Crippen molar-refractivity contribution in [2.75, 3.05) is 33.5 Å². The molecule has 1 aromatic rings. The number of aliphatic hydroxyl groups excluding tert-OH is 1. The van der Waals surface area contributed by atoms with Crippen LogP contribution in [0.25, 0.3) is 0 Å². The molecule has 7 nitrogen and oxygen atoms in total. The quantitative estimate of drug-likeness (QED) is 0.244. The summed E-state index contributed by atoms with van der Waals surface area (Å²) in [6, 6.07) is 6.20. The Kier molecular flexibility index (Phi) is 9.96. The predicted molar refractivity (Wildman–Crippen MR) is 129 cm³/mol. The van der Waals surface area contributed by atoms with Crippen molar-refractivity contribution in [2.45, 2.75) is 58.2 Å². The number of guanidine groups is 1. The van der Waals surface area contributed by atoms with Gasteiger partial charge >= 0.3 is 0 Å². The zero-order valence-corrected chi connectivity index (χ0v) is 20.6. The molecule has 2 fully saturated rings. The maximum atomic E-state index is 8.94. The molecule has 1 aromatic carbocycles. The van der Waals surface area contributed by atoms with Gasteiger partial charge in [-0.2, -0.15) is 0 Å². The van der Waals surface area contributed by atoms with Crippen molar-refractivity contribution in [3.63, 3.8) is 0 Å². The van der Waals surface area contributed by atoms with E-state index >= 15 is 0 Å². The summed E-state index contributed by atoms with van der Waals surface area (Å²) in [7, 11) is 1.61. The summed E-state index contributed by atoms with van der Waals surface area (Å²) in [6.45, 7) is 6.52. The third-order valence-corrected chi connectivity index (χ3v) is 6.09. The Balaban J connectivity index is 0.00000320. The summed E-state index contributed by atoms with van der Waals surface area (Å²) in [4.78, 5) is 4.78. The van der Waals surface area contributed by atoms with E-state index in [2.05, 4.69) is 24.5 Å². The lowest BCUT2D eigenvalue weighted by Crippen LogP contribution is -2.68. The maximum absolute atomic E-state index is 8.94. The van der Waals surface area contributed by atoms with Gasteiger partial charge in [-0.05, 0) is 50.8 Å². The Morgan fingerprint density at radius 1 is 1.27 bits per heavy atom. The van der Waals surface area contributed by atoms with Gasteiger partial charge in [-0.15, -0.1) is 24.0 Å². The number of benzene rings is 1. The highest BCUT2D eigenvalue weighted by Crippen LogP contribution is 2.57. The third-order valence-electron chi connectivity index (χ3n) is 6.09. The highest BCUT2D eigenvalue weighted by Gasteiger charge is 2.59. The topological polar surface area (TPSA) is 84.3 Å². The smallest absolute Gasteiger partial charge is 0.191 e. The van der Waals surface area contributed by atoms with Crippen LogP contribution in [0.2, 0.25) is 0 Å². The van der Waals surface area contributed by atoms with Gasteiger partial charge in [0.2, 0.25) is 0 Å². The van der Waals surface area contributed by atoms with E-state index < -0.39 is 0 Å². The molecular weight excluding hydrogens is 497 g/mol. The fourth-order valence-electron chi connectivity index (χ4n) is 4.38. The zero-order valence-electron chi connectivity index (χ0n) is 18.3. The molecule has 0 radical (unpaired) electrons. The van der Waals surface area contributed by atoms with Crippen LogP contribution in [0.15, 0.2) is 23.2 Å². The molecular formula is C22H36IN3O4. The van der Waals surface area contributed by atoms with Gasteiger partial charge in [-0.1, -0.05) is 12.5 Å². The van der Waals surface area contributed by atoms with E-state index in [0.717, 1.165) is 31.1 Å². The lowest BCUT2D eigenvalue weighted by atomic mass is 9.51. The lowest BCUT2D eigenvalue weighted by molar-refractivity contribution is -0.168. The fourth-order valence-corrected chi connectivity index (χ4v) is 4.38. The van der Waals surface area contributed by atoms with Crippen molar-refractivity contribution in [1.82, 2.24) is 10.6 Å². The van der Waals surface area contributed by atoms with Crippen LogP contribution in [0, 0.1) is 5.41 Å². The van der Waals surface area contributed by atoms with Crippen LogP contribution in [0.4, 0.5) is 0 Å². The monoisotopic (exact) mass is 533 g/mol. The predicted octanol–water partition coefficient (Wildman–Crippen LogP) is 3.09. The lowest BCUT2D eigenvalue weighted by Gasteiger charge is -2.61. The van der Waals surface area contributed by atoms with E-state index in [-0.39, 0.29) is 37.2 Å². The molecule has 2 atom stereocenters. The fraction of sp³-hybridized carbons (Fsp3) is 0.682. The van der Waals surface area contributed by atoms with Gasteiger partial charge < -0.3 is 30.0 Å². The summed E-state index contributed by atoms with van der Waals surface area (Å²) in [5.74, 6) is 2.12. The first-order valence-corrected chi connectivity index (χ1v) is 10.7. The van der Waals surface area contributed by atoms with Crippen LogP contribution in [0.5, 0.6) is 11.5 Å². The third kappa shape index (κ3) is 5.50. The molecule has 0 amide bonds. The van der Waals surface area contributed by atoms with Crippen LogP contribution < -0.4 is 20.1 Å². The molecule has 170 valence electrons. The Bertz CT molecular complexity index is 697. The molecule has 1 spiro atoms. The van der Waals surface area contributed by atoms with E-state index in [1.165, 1.54) is 19.3 Å². The van der Waals surface area contributed by atoms with Crippen molar-refractivity contribution in [2.24, 2.45) is 10.4 Å². The molecule has 3 rings (SSSR count). The second kappa shape index (κ2) is 12.0.